The third-order valence-electron chi connectivity index (χ3n) is 2.21. The predicted octanol–water partition coefficient (Wildman–Crippen LogP) is 3.55. The van der Waals surface area contributed by atoms with Crippen LogP contribution in [0.5, 0.6) is 5.75 Å². The molecule has 1 heterocycles. The highest BCUT2D eigenvalue weighted by Crippen LogP contribution is 2.19. The largest absolute Gasteiger partial charge is 0.486 e. The van der Waals surface area contributed by atoms with Crippen LogP contribution in [-0.4, -0.2) is 17.6 Å². The molecule has 0 saturated heterocycles. The van der Waals surface area contributed by atoms with E-state index in [0.717, 1.165) is 5.01 Å². The molecule has 1 aromatic heterocycles. The predicted molar refractivity (Wildman–Crippen MR) is 73.9 cm³/mol. The number of benzene rings is 1. The number of hydrogen-bond acceptors (Lipinski definition) is 5. The molecule has 2 rings (SSSR count). The van der Waals surface area contributed by atoms with Crippen LogP contribution in [0.3, 0.4) is 0 Å². The Morgan fingerprint density at radius 2 is 2.11 bits per heavy atom. The number of hydrogen-bond donors (Lipinski definition) is 0. The summed E-state index contributed by atoms with van der Waals surface area (Å²) in [5.74, 6) is 0.357. The molecule has 6 heteroatoms. The second-order valence-electron chi connectivity index (χ2n) is 3.58. The molecule has 100 valence electrons. The van der Waals surface area contributed by atoms with E-state index in [1.54, 1.807) is 31.2 Å². The van der Waals surface area contributed by atoms with E-state index in [-0.39, 0.29) is 5.97 Å². The van der Waals surface area contributed by atoms with E-state index in [2.05, 4.69) is 4.98 Å². The number of carbonyl (C=O) groups excluding carboxylic acids is 1. The lowest BCUT2D eigenvalue weighted by Gasteiger charge is -2.03. The Morgan fingerprint density at radius 3 is 2.79 bits per heavy atom. The molecule has 4 nitrogen and oxygen atoms in total. The average Bonchev–Trinajstić information content (AvgIpc) is 2.87. The van der Waals surface area contributed by atoms with Gasteiger partial charge in [0.2, 0.25) is 0 Å². The Bertz CT molecular complexity index is 553. The number of carbonyl (C=O) groups is 1. The molecule has 0 bridgehead atoms. The first-order valence-electron chi connectivity index (χ1n) is 5.69. The van der Waals surface area contributed by atoms with Crippen molar-refractivity contribution >= 4 is 28.9 Å². The molecule has 0 radical (unpaired) electrons. The van der Waals surface area contributed by atoms with Gasteiger partial charge in [-0.05, 0) is 31.2 Å². The van der Waals surface area contributed by atoms with Gasteiger partial charge in [0, 0.05) is 5.02 Å². The Balaban J connectivity index is 1.93. The molecule has 0 saturated carbocycles. The average molecular weight is 298 g/mol. The maximum atomic E-state index is 11.5. The maximum Gasteiger partial charge on any atom is 0.349 e. The van der Waals surface area contributed by atoms with Crippen molar-refractivity contribution < 1.29 is 14.3 Å². The quantitative estimate of drug-likeness (QED) is 0.792. The number of thiazole rings is 1. The number of aromatic nitrogens is 1. The van der Waals surface area contributed by atoms with Gasteiger partial charge in [-0.2, -0.15) is 0 Å². The summed E-state index contributed by atoms with van der Waals surface area (Å²) in [5.41, 5.74) is 0. The third-order valence-corrected chi connectivity index (χ3v) is 3.41. The molecule has 0 spiro atoms. The first kappa shape index (κ1) is 13.8. The van der Waals surface area contributed by atoms with E-state index in [1.807, 2.05) is 0 Å². The zero-order valence-electron chi connectivity index (χ0n) is 10.3. The van der Waals surface area contributed by atoms with Crippen molar-refractivity contribution in [2.75, 3.05) is 6.61 Å². The highest BCUT2D eigenvalue weighted by atomic mass is 35.5. The van der Waals surface area contributed by atoms with Gasteiger partial charge in [0.1, 0.15) is 22.2 Å². The highest BCUT2D eigenvalue weighted by molar-refractivity contribution is 7.13. The Labute approximate surface area is 120 Å². The fourth-order valence-corrected chi connectivity index (χ4v) is 2.20. The van der Waals surface area contributed by atoms with Crippen molar-refractivity contribution in [3.8, 4) is 5.75 Å². The summed E-state index contributed by atoms with van der Waals surface area (Å²) in [7, 11) is 0. The highest BCUT2D eigenvalue weighted by Gasteiger charge is 2.11. The fourth-order valence-electron chi connectivity index (χ4n) is 1.35. The second kappa shape index (κ2) is 6.54. The van der Waals surface area contributed by atoms with E-state index >= 15 is 0 Å². The van der Waals surface area contributed by atoms with Crippen LogP contribution >= 0.6 is 22.9 Å². The number of rotatable bonds is 5. The monoisotopic (exact) mass is 297 g/mol. The van der Waals surface area contributed by atoms with E-state index in [4.69, 9.17) is 21.1 Å². The van der Waals surface area contributed by atoms with Crippen molar-refractivity contribution in [2.45, 2.75) is 13.5 Å². The molecule has 0 aliphatic carbocycles. The van der Waals surface area contributed by atoms with Crippen molar-refractivity contribution in [2.24, 2.45) is 0 Å². The lowest BCUT2D eigenvalue weighted by atomic mass is 10.3. The van der Waals surface area contributed by atoms with Crippen LogP contribution in [0.15, 0.2) is 30.5 Å². The lowest BCUT2D eigenvalue weighted by molar-refractivity contribution is 0.0532. The minimum absolute atomic E-state index is 0.311. The second-order valence-corrected chi connectivity index (χ2v) is 5.13. The summed E-state index contributed by atoms with van der Waals surface area (Å²) in [5, 5.41) is 1.38. The number of nitrogens with zero attached hydrogens (tertiary/aromatic N) is 1. The van der Waals surface area contributed by atoms with Crippen LogP contribution in [0.25, 0.3) is 0 Å². The Morgan fingerprint density at radius 1 is 1.37 bits per heavy atom. The van der Waals surface area contributed by atoms with Crippen LogP contribution in [-0.2, 0) is 11.3 Å². The lowest BCUT2D eigenvalue weighted by Crippen LogP contribution is -2.01. The molecule has 0 aliphatic heterocycles. The maximum absolute atomic E-state index is 11.5. The SMILES string of the molecule is CCOC(=O)c1cnc(COc2ccc(Cl)cc2)s1. The first-order chi connectivity index (χ1) is 9.19. The standard InChI is InChI=1S/C13H12ClNO3S/c1-2-17-13(16)11-7-15-12(19-11)8-18-10-5-3-9(14)4-6-10/h3-7H,2,8H2,1H3. The summed E-state index contributed by atoms with van der Waals surface area (Å²) in [6, 6.07) is 7.07. The Kier molecular flexibility index (Phi) is 4.76. The van der Waals surface area contributed by atoms with Crippen LogP contribution in [0.1, 0.15) is 21.6 Å². The molecule has 0 amide bonds. The minimum Gasteiger partial charge on any atom is -0.486 e. The smallest absolute Gasteiger partial charge is 0.349 e. The van der Waals surface area contributed by atoms with E-state index < -0.39 is 0 Å². The molecule has 0 aliphatic rings. The minimum atomic E-state index is -0.349. The molecule has 0 unspecified atom stereocenters. The zero-order chi connectivity index (χ0) is 13.7. The Hall–Kier alpha value is -1.59. The van der Waals surface area contributed by atoms with Gasteiger partial charge >= 0.3 is 5.97 Å². The van der Waals surface area contributed by atoms with Gasteiger partial charge in [-0.3, -0.25) is 0 Å². The molecule has 0 atom stereocenters. The first-order valence-corrected chi connectivity index (χ1v) is 6.88. The summed E-state index contributed by atoms with van der Waals surface area (Å²) >= 11 is 7.05. The molecule has 0 N–H and O–H groups in total. The molecule has 1 aromatic carbocycles. The van der Waals surface area contributed by atoms with Crippen LogP contribution in [0.2, 0.25) is 5.02 Å². The van der Waals surface area contributed by atoms with Gasteiger partial charge in [-0.15, -0.1) is 11.3 Å². The summed E-state index contributed by atoms with van der Waals surface area (Å²) in [6.07, 6.45) is 1.50. The molecule has 19 heavy (non-hydrogen) atoms. The van der Waals surface area contributed by atoms with Crippen molar-refractivity contribution in [1.82, 2.24) is 4.98 Å². The van der Waals surface area contributed by atoms with Gasteiger partial charge in [-0.25, -0.2) is 9.78 Å². The summed E-state index contributed by atoms with van der Waals surface area (Å²) < 4.78 is 10.4. The van der Waals surface area contributed by atoms with E-state index in [9.17, 15) is 4.79 Å². The fraction of sp³-hybridized carbons (Fsp3) is 0.231. The van der Waals surface area contributed by atoms with Gasteiger partial charge < -0.3 is 9.47 Å². The normalized spacial score (nSPS) is 10.2. The third kappa shape index (κ3) is 3.94. The molecular weight excluding hydrogens is 286 g/mol. The van der Waals surface area contributed by atoms with Crippen molar-refractivity contribution in [3.05, 3.63) is 45.4 Å². The summed E-state index contributed by atoms with van der Waals surface area (Å²) in [6.45, 7) is 2.43. The van der Waals surface area contributed by atoms with Crippen molar-refractivity contribution in [3.63, 3.8) is 0 Å². The van der Waals surface area contributed by atoms with E-state index in [0.29, 0.717) is 28.9 Å². The van der Waals surface area contributed by atoms with Crippen LogP contribution in [0.4, 0.5) is 0 Å². The van der Waals surface area contributed by atoms with Gasteiger partial charge in [0.15, 0.2) is 0 Å². The van der Waals surface area contributed by atoms with E-state index in [1.165, 1.54) is 17.5 Å². The van der Waals surface area contributed by atoms with Gasteiger partial charge in [-0.1, -0.05) is 11.6 Å². The zero-order valence-corrected chi connectivity index (χ0v) is 11.8. The van der Waals surface area contributed by atoms with Crippen LogP contribution in [0, 0.1) is 0 Å². The number of halogens is 1. The molecule has 0 fully saturated rings. The summed E-state index contributed by atoms with van der Waals surface area (Å²) in [4.78, 5) is 16.1. The van der Waals surface area contributed by atoms with Gasteiger partial charge in [0.25, 0.3) is 0 Å². The number of ether oxygens (including phenoxy) is 2. The number of esters is 1. The molecular formula is C13H12ClNO3S. The topological polar surface area (TPSA) is 48.4 Å². The van der Waals surface area contributed by atoms with Gasteiger partial charge in [0.05, 0.1) is 12.8 Å². The van der Waals surface area contributed by atoms with Crippen molar-refractivity contribution in [1.29, 1.82) is 0 Å². The van der Waals surface area contributed by atoms with Crippen LogP contribution < -0.4 is 4.74 Å². The molecule has 2 aromatic rings.